The van der Waals surface area contributed by atoms with Gasteiger partial charge in [-0.05, 0) is 30.7 Å². The van der Waals surface area contributed by atoms with Gasteiger partial charge >= 0.3 is 5.97 Å². The minimum Gasteiger partial charge on any atom is -0.490 e. The van der Waals surface area contributed by atoms with Gasteiger partial charge in [0.2, 0.25) is 0 Å². The Kier molecular flexibility index (Phi) is 5.35. The van der Waals surface area contributed by atoms with E-state index in [-0.39, 0.29) is 30.0 Å². The van der Waals surface area contributed by atoms with Crippen LogP contribution in [0.4, 0.5) is 5.69 Å². The first-order chi connectivity index (χ1) is 13.4. The Morgan fingerprint density at radius 2 is 1.82 bits per heavy atom. The van der Waals surface area contributed by atoms with E-state index in [0.717, 1.165) is 17.7 Å². The van der Waals surface area contributed by atoms with Crippen molar-refractivity contribution in [2.45, 2.75) is 6.92 Å². The molecule has 0 atom stereocenters. The van der Waals surface area contributed by atoms with E-state index in [0.29, 0.717) is 10.6 Å². The lowest BCUT2D eigenvalue weighted by atomic mass is 10.1. The summed E-state index contributed by atoms with van der Waals surface area (Å²) in [5.41, 5.74) is 0.638. The van der Waals surface area contributed by atoms with Crippen molar-refractivity contribution in [1.29, 1.82) is 0 Å². The van der Waals surface area contributed by atoms with E-state index in [1.54, 1.807) is 6.07 Å². The molecule has 0 N–H and O–H groups in total. The fourth-order valence-electron chi connectivity index (χ4n) is 2.73. The van der Waals surface area contributed by atoms with Gasteiger partial charge in [-0.15, -0.1) is 0 Å². The second-order valence-corrected chi connectivity index (χ2v) is 6.07. The van der Waals surface area contributed by atoms with Crippen molar-refractivity contribution in [3.8, 4) is 5.75 Å². The van der Waals surface area contributed by atoms with Crippen molar-refractivity contribution >= 4 is 23.5 Å². The number of carbonyl (C=O) groups is 3. The molecule has 0 aromatic heterocycles. The summed E-state index contributed by atoms with van der Waals surface area (Å²) in [6.45, 7) is 1.40. The van der Waals surface area contributed by atoms with E-state index >= 15 is 0 Å². The number of ether oxygens (including phenoxy) is 2. The Bertz CT molecular complexity index is 971. The molecule has 0 bridgehead atoms. The standard InChI is InChI=1S/C19H16N2O7/c1-12-3-2-4-14(9-12)27-7-8-28-17(22)11-20-18(23)15-6-5-13(21(25)26)10-16(15)19(20)24/h2-6,9-10H,7-8,11H2,1H3. The normalized spacial score (nSPS) is 12.7. The number of carbonyl (C=O) groups excluding carboxylic acids is 3. The molecule has 1 aliphatic rings. The molecule has 2 amide bonds. The predicted octanol–water partition coefficient (Wildman–Crippen LogP) is 2.12. The molecule has 28 heavy (non-hydrogen) atoms. The number of hydrogen-bond acceptors (Lipinski definition) is 7. The van der Waals surface area contributed by atoms with E-state index in [1.165, 1.54) is 6.07 Å². The number of rotatable bonds is 7. The summed E-state index contributed by atoms with van der Waals surface area (Å²) in [6, 6.07) is 10.7. The zero-order valence-corrected chi connectivity index (χ0v) is 14.9. The van der Waals surface area contributed by atoms with Gasteiger partial charge in [-0.1, -0.05) is 12.1 Å². The fraction of sp³-hybridized carbons (Fsp3) is 0.211. The van der Waals surface area contributed by atoms with E-state index in [2.05, 4.69) is 0 Å². The molecule has 0 aliphatic carbocycles. The number of esters is 1. The van der Waals surface area contributed by atoms with E-state index in [4.69, 9.17) is 9.47 Å². The topological polar surface area (TPSA) is 116 Å². The van der Waals surface area contributed by atoms with Crippen LogP contribution in [0.15, 0.2) is 42.5 Å². The molecule has 0 radical (unpaired) electrons. The average molecular weight is 384 g/mol. The highest BCUT2D eigenvalue weighted by Crippen LogP contribution is 2.26. The maximum absolute atomic E-state index is 12.3. The average Bonchev–Trinajstić information content (AvgIpc) is 2.90. The highest BCUT2D eigenvalue weighted by Gasteiger charge is 2.38. The summed E-state index contributed by atoms with van der Waals surface area (Å²) in [7, 11) is 0. The van der Waals surface area contributed by atoms with Gasteiger partial charge in [0, 0.05) is 12.1 Å². The van der Waals surface area contributed by atoms with Crippen LogP contribution in [-0.2, 0) is 9.53 Å². The van der Waals surface area contributed by atoms with Gasteiger partial charge < -0.3 is 9.47 Å². The lowest BCUT2D eigenvalue weighted by Gasteiger charge is -2.13. The molecular formula is C19H16N2O7. The monoisotopic (exact) mass is 384 g/mol. The first-order valence-corrected chi connectivity index (χ1v) is 8.36. The van der Waals surface area contributed by atoms with Crippen LogP contribution in [0.25, 0.3) is 0 Å². The maximum atomic E-state index is 12.3. The number of hydrogen-bond donors (Lipinski definition) is 0. The minimum atomic E-state index is -0.781. The number of fused-ring (bicyclic) bond motifs is 1. The van der Waals surface area contributed by atoms with Gasteiger partial charge in [-0.2, -0.15) is 0 Å². The molecule has 2 aromatic rings. The van der Waals surface area contributed by atoms with Crippen molar-refractivity contribution < 1.29 is 28.8 Å². The van der Waals surface area contributed by atoms with Gasteiger partial charge in [0.15, 0.2) is 0 Å². The summed E-state index contributed by atoms with van der Waals surface area (Å²) >= 11 is 0. The van der Waals surface area contributed by atoms with E-state index < -0.39 is 29.3 Å². The molecule has 1 heterocycles. The summed E-state index contributed by atoms with van der Waals surface area (Å²) in [5.74, 6) is -1.60. The zero-order valence-electron chi connectivity index (χ0n) is 14.9. The molecule has 144 valence electrons. The summed E-state index contributed by atoms with van der Waals surface area (Å²) < 4.78 is 10.4. The molecule has 3 rings (SSSR count). The largest absolute Gasteiger partial charge is 0.490 e. The first kappa shape index (κ1) is 19.0. The Morgan fingerprint density at radius 3 is 2.54 bits per heavy atom. The van der Waals surface area contributed by atoms with Crippen LogP contribution in [0.2, 0.25) is 0 Å². The van der Waals surface area contributed by atoms with Crippen LogP contribution < -0.4 is 4.74 Å². The van der Waals surface area contributed by atoms with Gasteiger partial charge in [-0.25, -0.2) is 0 Å². The number of nitrogens with zero attached hydrogens (tertiary/aromatic N) is 2. The number of benzene rings is 2. The molecule has 0 spiro atoms. The Balaban J connectivity index is 1.53. The van der Waals surface area contributed by atoms with Crippen molar-refractivity contribution in [3.63, 3.8) is 0 Å². The van der Waals surface area contributed by atoms with Gasteiger partial charge in [0.25, 0.3) is 17.5 Å². The van der Waals surface area contributed by atoms with Gasteiger partial charge in [-0.3, -0.25) is 29.4 Å². The SMILES string of the molecule is Cc1cccc(OCCOC(=O)CN2C(=O)c3ccc([N+](=O)[O-])cc3C2=O)c1. The zero-order chi connectivity index (χ0) is 20.3. The number of aryl methyl sites for hydroxylation is 1. The van der Waals surface area contributed by atoms with E-state index in [9.17, 15) is 24.5 Å². The second-order valence-electron chi connectivity index (χ2n) is 6.07. The molecule has 9 nitrogen and oxygen atoms in total. The van der Waals surface area contributed by atoms with Crippen molar-refractivity contribution in [1.82, 2.24) is 4.90 Å². The Hall–Kier alpha value is -3.75. The smallest absolute Gasteiger partial charge is 0.326 e. The molecular weight excluding hydrogens is 368 g/mol. The van der Waals surface area contributed by atoms with Crippen molar-refractivity contribution in [3.05, 3.63) is 69.3 Å². The molecule has 2 aromatic carbocycles. The van der Waals surface area contributed by atoms with Crippen molar-refractivity contribution in [2.24, 2.45) is 0 Å². The molecule has 9 heteroatoms. The quantitative estimate of drug-likeness (QED) is 0.236. The molecule has 0 saturated carbocycles. The number of amides is 2. The second kappa shape index (κ2) is 7.87. The Morgan fingerprint density at radius 1 is 1.07 bits per heavy atom. The van der Waals surface area contributed by atoms with Gasteiger partial charge in [0.1, 0.15) is 25.5 Å². The van der Waals surface area contributed by atoms with E-state index in [1.807, 2.05) is 25.1 Å². The number of imide groups is 1. The van der Waals surface area contributed by atoms with Crippen molar-refractivity contribution in [2.75, 3.05) is 19.8 Å². The highest BCUT2D eigenvalue weighted by atomic mass is 16.6. The summed E-state index contributed by atoms with van der Waals surface area (Å²) in [6.07, 6.45) is 0. The lowest BCUT2D eigenvalue weighted by Crippen LogP contribution is -2.36. The third-order valence-corrected chi connectivity index (χ3v) is 4.06. The molecule has 0 fully saturated rings. The number of nitro groups is 1. The molecule has 0 saturated heterocycles. The Labute approximate surface area is 159 Å². The number of nitro benzene ring substituents is 1. The van der Waals surface area contributed by atoms with Crippen LogP contribution in [-0.4, -0.2) is 47.4 Å². The predicted molar refractivity (Wildman–Crippen MR) is 96.1 cm³/mol. The first-order valence-electron chi connectivity index (χ1n) is 8.36. The highest BCUT2D eigenvalue weighted by molar-refractivity contribution is 6.22. The van der Waals surface area contributed by atoms with Crippen LogP contribution in [0.5, 0.6) is 5.75 Å². The third kappa shape index (κ3) is 3.98. The lowest BCUT2D eigenvalue weighted by molar-refractivity contribution is -0.384. The summed E-state index contributed by atoms with van der Waals surface area (Å²) in [4.78, 5) is 47.4. The summed E-state index contributed by atoms with van der Waals surface area (Å²) in [5, 5.41) is 10.8. The minimum absolute atomic E-state index is 0.0196. The van der Waals surface area contributed by atoms with Crippen LogP contribution >= 0.6 is 0 Å². The molecule has 0 unspecified atom stereocenters. The third-order valence-electron chi connectivity index (χ3n) is 4.06. The molecule has 1 aliphatic heterocycles. The number of non-ortho nitro benzene ring substituents is 1. The maximum Gasteiger partial charge on any atom is 0.326 e. The van der Waals surface area contributed by atoms with Crippen LogP contribution in [0.1, 0.15) is 26.3 Å². The van der Waals surface area contributed by atoms with Crippen LogP contribution in [0, 0.1) is 17.0 Å². The van der Waals surface area contributed by atoms with Crippen LogP contribution in [0.3, 0.4) is 0 Å². The fourth-order valence-corrected chi connectivity index (χ4v) is 2.73. The van der Waals surface area contributed by atoms with Gasteiger partial charge in [0.05, 0.1) is 16.1 Å².